The van der Waals surface area contributed by atoms with E-state index < -0.39 is 97.5 Å². The van der Waals surface area contributed by atoms with Crippen LogP contribution in [0.15, 0.2) is 158 Å². The van der Waals surface area contributed by atoms with E-state index in [0.29, 0.717) is 25.7 Å². The number of aliphatic hydroxyl groups is 1. The number of phosphoric ester groups is 2. The van der Waals surface area contributed by atoms with Crippen molar-refractivity contribution in [3.8, 4) is 0 Å². The molecule has 5 unspecified atom stereocenters. The fourth-order valence-electron chi connectivity index (χ4n) is 11.4. The zero-order valence-electron chi connectivity index (χ0n) is 70.3. The van der Waals surface area contributed by atoms with E-state index in [2.05, 4.69) is 186 Å². The van der Waals surface area contributed by atoms with Gasteiger partial charge in [-0.05, 0) is 173 Å². The molecule has 0 aromatic carbocycles. The number of aliphatic hydroxyl groups excluding tert-OH is 1. The molecule has 0 aliphatic rings. The normalized spacial score (nSPS) is 14.5. The molecule has 19 heteroatoms. The predicted octanol–water partition coefficient (Wildman–Crippen LogP) is 26.3. The van der Waals surface area contributed by atoms with Gasteiger partial charge in [-0.1, -0.05) is 308 Å². The van der Waals surface area contributed by atoms with E-state index in [0.717, 1.165) is 212 Å². The number of carbonyl (C=O) groups is 4. The maximum atomic E-state index is 13.2. The molecule has 0 spiro atoms. The summed E-state index contributed by atoms with van der Waals surface area (Å²) in [5, 5.41) is 10.7. The second-order valence-corrected chi connectivity index (χ2v) is 31.6. The van der Waals surface area contributed by atoms with Gasteiger partial charge < -0.3 is 33.8 Å². The largest absolute Gasteiger partial charge is 0.472 e. The molecule has 3 N–H and O–H groups in total. The SMILES string of the molecule is CC/C=C\C/C=C\C/C=C\C/C=C\C/C=C\CCCCCC(=O)OCC(COP(=O)(O)OCC(O)COP(=O)(O)OCC(COC(=O)CCCCCCCC/C=C\C/C=C\C/C=C\C/C=C\CC)OC(=O)CCCCCCC/C=C\CCCCCCCC)OC(=O)CCCCCCCC/C=C\C/C=C\C/C=C\CCCCC. The van der Waals surface area contributed by atoms with Gasteiger partial charge in [0.2, 0.25) is 0 Å². The van der Waals surface area contributed by atoms with Crippen molar-refractivity contribution in [2.45, 2.75) is 367 Å². The molecular formula is C93H156O17P2. The molecular weight excluding hydrogens is 1450 g/mol. The first-order valence-corrected chi connectivity index (χ1v) is 46.7. The first-order chi connectivity index (χ1) is 54.7. The Morgan fingerprint density at radius 3 is 0.750 bits per heavy atom. The monoisotopic (exact) mass is 1610 g/mol. The molecule has 0 saturated heterocycles. The van der Waals surface area contributed by atoms with Gasteiger partial charge in [0.05, 0.1) is 26.4 Å². The summed E-state index contributed by atoms with van der Waals surface area (Å²) in [4.78, 5) is 73.4. The van der Waals surface area contributed by atoms with Gasteiger partial charge in [-0.3, -0.25) is 37.3 Å². The summed E-state index contributed by atoms with van der Waals surface area (Å²) < 4.78 is 68.9. The molecule has 0 fully saturated rings. The van der Waals surface area contributed by atoms with Crippen LogP contribution in [0.2, 0.25) is 0 Å². The zero-order valence-corrected chi connectivity index (χ0v) is 72.1. The summed E-state index contributed by atoms with van der Waals surface area (Å²) in [5.74, 6) is -2.25. The average molecular weight is 1610 g/mol. The number of phosphoric acid groups is 2. The molecule has 0 rings (SSSR count). The van der Waals surface area contributed by atoms with Crippen molar-refractivity contribution >= 4 is 39.5 Å². The third-order valence-electron chi connectivity index (χ3n) is 18.0. The number of esters is 4. The van der Waals surface area contributed by atoms with Crippen molar-refractivity contribution in [1.29, 1.82) is 0 Å². The van der Waals surface area contributed by atoms with Gasteiger partial charge in [-0.25, -0.2) is 9.13 Å². The Balaban J connectivity index is 5.45. The minimum absolute atomic E-state index is 0.0679. The van der Waals surface area contributed by atoms with E-state index in [4.69, 9.17) is 37.0 Å². The van der Waals surface area contributed by atoms with Crippen molar-refractivity contribution in [1.82, 2.24) is 0 Å². The highest BCUT2D eigenvalue weighted by Crippen LogP contribution is 2.45. The van der Waals surface area contributed by atoms with Crippen LogP contribution in [-0.4, -0.2) is 96.7 Å². The lowest BCUT2D eigenvalue weighted by Gasteiger charge is -2.21. The van der Waals surface area contributed by atoms with E-state index in [9.17, 15) is 43.2 Å². The van der Waals surface area contributed by atoms with Crippen molar-refractivity contribution < 1.29 is 80.2 Å². The molecule has 0 aliphatic carbocycles. The molecule has 0 radical (unpaired) electrons. The van der Waals surface area contributed by atoms with Gasteiger partial charge in [-0.15, -0.1) is 0 Å². The van der Waals surface area contributed by atoms with Crippen LogP contribution < -0.4 is 0 Å². The molecule has 0 bridgehead atoms. The molecule has 0 amide bonds. The molecule has 5 atom stereocenters. The molecule has 0 heterocycles. The molecule has 640 valence electrons. The van der Waals surface area contributed by atoms with Gasteiger partial charge in [0.25, 0.3) is 0 Å². The Morgan fingerprint density at radius 2 is 0.464 bits per heavy atom. The number of unbranched alkanes of at least 4 members (excludes halogenated alkanes) is 29. The van der Waals surface area contributed by atoms with Crippen LogP contribution in [0, 0.1) is 0 Å². The highest BCUT2D eigenvalue weighted by atomic mass is 31.2. The van der Waals surface area contributed by atoms with E-state index in [1.807, 2.05) is 0 Å². The Kier molecular flexibility index (Phi) is 79.6. The fraction of sp³-hybridized carbons (Fsp3) is 0.677. The predicted molar refractivity (Wildman–Crippen MR) is 464 cm³/mol. The van der Waals surface area contributed by atoms with E-state index >= 15 is 0 Å². The third-order valence-corrected chi connectivity index (χ3v) is 19.9. The van der Waals surface area contributed by atoms with Crippen LogP contribution in [-0.2, 0) is 65.4 Å². The Hall–Kier alpha value is -5.32. The summed E-state index contributed by atoms with van der Waals surface area (Å²) in [6.45, 7) is 4.58. The Bertz CT molecular complexity index is 2740. The van der Waals surface area contributed by atoms with Gasteiger partial charge in [-0.2, -0.15) is 0 Å². The van der Waals surface area contributed by atoms with Crippen molar-refractivity contribution in [2.75, 3.05) is 39.6 Å². The lowest BCUT2D eigenvalue weighted by molar-refractivity contribution is -0.161. The second kappa shape index (κ2) is 83.6. The van der Waals surface area contributed by atoms with Crippen LogP contribution in [0.4, 0.5) is 0 Å². The number of carbonyl (C=O) groups excluding carboxylic acids is 4. The molecule has 0 aromatic rings. The van der Waals surface area contributed by atoms with Gasteiger partial charge >= 0.3 is 39.5 Å². The maximum Gasteiger partial charge on any atom is 0.472 e. The van der Waals surface area contributed by atoms with Gasteiger partial charge in [0.1, 0.15) is 19.3 Å². The molecule has 0 aliphatic heterocycles. The summed E-state index contributed by atoms with van der Waals surface area (Å²) in [7, 11) is -10.00. The highest BCUT2D eigenvalue weighted by Gasteiger charge is 2.30. The lowest BCUT2D eigenvalue weighted by Crippen LogP contribution is -2.30. The third kappa shape index (κ3) is 82.7. The topological polar surface area (TPSA) is 237 Å². The van der Waals surface area contributed by atoms with Crippen molar-refractivity contribution in [3.63, 3.8) is 0 Å². The number of hydrogen-bond acceptors (Lipinski definition) is 15. The lowest BCUT2D eigenvalue weighted by atomic mass is 10.1. The smallest absolute Gasteiger partial charge is 0.462 e. The molecule has 0 aromatic heterocycles. The van der Waals surface area contributed by atoms with Crippen LogP contribution in [0.3, 0.4) is 0 Å². The maximum absolute atomic E-state index is 13.2. The van der Waals surface area contributed by atoms with Crippen LogP contribution in [0.25, 0.3) is 0 Å². The minimum Gasteiger partial charge on any atom is -0.462 e. The summed E-state index contributed by atoms with van der Waals surface area (Å²) in [6, 6.07) is 0. The van der Waals surface area contributed by atoms with E-state index in [1.165, 1.54) is 57.8 Å². The zero-order chi connectivity index (χ0) is 81.7. The molecule has 17 nitrogen and oxygen atoms in total. The van der Waals surface area contributed by atoms with Gasteiger partial charge in [0.15, 0.2) is 12.2 Å². The quantitative estimate of drug-likeness (QED) is 0.0169. The molecule has 0 saturated carbocycles. The number of rotatable bonds is 81. The first-order valence-electron chi connectivity index (χ1n) is 43.7. The number of allylic oxidation sites excluding steroid dienone is 26. The Morgan fingerprint density at radius 1 is 0.259 bits per heavy atom. The van der Waals surface area contributed by atoms with E-state index in [-0.39, 0.29) is 25.7 Å². The fourth-order valence-corrected chi connectivity index (χ4v) is 12.9. The van der Waals surface area contributed by atoms with Crippen LogP contribution in [0.1, 0.15) is 349 Å². The number of hydrogen-bond donors (Lipinski definition) is 3. The van der Waals surface area contributed by atoms with E-state index in [1.54, 1.807) is 0 Å². The first kappa shape index (κ1) is 107. The van der Waals surface area contributed by atoms with Crippen molar-refractivity contribution in [2.24, 2.45) is 0 Å². The van der Waals surface area contributed by atoms with Crippen molar-refractivity contribution in [3.05, 3.63) is 158 Å². The second-order valence-electron chi connectivity index (χ2n) is 28.7. The van der Waals surface area contributed by atoms with Gasteiger partial charge in [0, 0.05) is 25.7 Å². The summed E-state index contributed by atoms with van der Waals surface area (Å²) in [5.41, 5.74) is 0. The standard InChI is InChI=1S/C93H156O17P2/c1-5-9-13-17-21-25-29-33-37-40-43-46-50-53-57-61-65-69-73-77-90(95)103-83-88(109-92(97)79-75-71-67-63-59-55-49-36-32-28-24-20-16-12-8-4)85-107-111(99,100)105-81-87(94)82-106-112(101,102)108-86-89(110-93(98)80-76-72-68-64-60-56-52-48-45-42-39-35-31-27-23-19-15-11-7-3)84-104-91(96)78-74-70-66-62-58-54-51-47-44-41-38-34-30-26-22-18-14-10-6-2/h9-10,13-14,21-23,25-27,33-39,43-49,54,58,87-89,94H,5-8,11-12,15-20,24,28-32,40-42,50-53,55-57,59-86H2,1-4H3,(H,99,100)(H,101,102)/b13-9-,14-10-,25-21-,26-22-,27-23-,37-33-,38-34-,39-35-,46-43-,47-44-,48-45-,49-36-,58-54-. The van der Waals surface area contributed by atoms with Crippen LogP contribution in [0.5, 0.6) is 0 Å². The van der Waals surface area contributed by atoms with Crippen LogP contribution >= 0.6 is 15.6 Å². The average Bonchev–Trinajstić information content (AvgIpc) is 0.898. The summed E-state index contributed by atoms with van der Waals surface area (Å²) in [6.07, 6.45) is 99.1. The Labute approximate surface area is 680 Å². The number of ether oxygens (including phenoxy) is 4. The molecule has 112 heavy (non-hydrogen) atoms. The highest BCUT2D eigenvalue weighted by molar-refractivity contribution is 7.47. The summed E-state index contributed by atoms with van der Waals surface area (Å²) >= 11 is 0. The minimum atomic E-state index is -5.00.